The molecule has 0 saturated carbocycles. The summed E-state index contributed by atoms with van der Waals surface area (Å²) in [5.41, 5.74) is 11.2. The molecule has 0 unspecified atom stereocenters. The highest BCUT2D eigenvalue weighted by atomic mass is 16.5. The number of pyridine rings is 1. The molecule has 0 aliphatic carbocycles. The second kappa shape index (κ2) is 11.8. The van der Waals surface area contributed by atoms with Crippen LogP contribution in [0.15, 0.2) is 175 Å². The van der Waals surface area contributed by atoms with Crippen molar-refractivity contribution in [1.82, 2.24) is 15.0 Å². The lowest BCUT2D eigenvalue weighted by atomic mass is 9.98. The van der Waals surface area contributed by atoms with Gasteiger partial charge in [-0.1, -0.05) is 72.8 Å². The molecule has 51 heavy (non-hydrogen) atoms. The number of benzene rings is 6. The Hall–Kier alpha value is -7.05. The van der Waals surface area contributed by atoms with E-state index in [1.165, 1.54) is 0 Å². The number of anilines is 3. The SMILES string of the molecule is c1ccc(-c2nc(-c3cc(-c4ccncc4)cc(N4c5ccccc5Oc5ccccc54)c3)cc(-c3ccc4oc5ccccc5c4c3)n2)cc1. The first-order chi connectivity index (χ1) is 25.2. The highest BCUT2D eigenvalue weighted by Gasteiger charge is 2.26. The fourth-order valence-electron chi connectivity index (χ4n) is 6.93. The minimum Gasteiger partial charge on any atom is -0.456 e. The summed E-state index contributed by atoms with van der Waals surface area (Å²) in [7, 11) is 0. The van der Waals surface area contributed by atoms with Gasteiger partial charge in [0.25, 0.3) is 0 Å². The smallest absolute Gasteiger partial charge is 0.160 e. The molecular weight excluding hydrogens is 629 g/mol. The van der Waals surface area contributed by atoms with Gasteiger partial charge in [-0.2, -0.15) is 0 Å². The first-order valence-electron chi connectivity index (χ1n) is 16.8. The summed E-state index contributed by atoms with van der Waals surface area (Å²) in [6.07, 6.45) is 3.65. The Labute approximate surface area is 293 Å². The summed E-state index contributed by atoms with van der Waals surface area (Å²) in [5, 5.41) is 2.13. The van der Waals surface area contributed by atoms with E-state index in [9.17, 15) is 0 Å². The Morgan fingerprint density at radius 1 is 0.431 bits per heavy atom. The number of hydrogen-bond donors (Lipinski definition) is 0. The summed E-state index contributed by atoms with van der Waals surface area (Å²) in [6, 6.07) is 53.6. The van der Waals surface area contributed by atoms with Crippen LogP contribution in [0.25, 0.3) is 67.0 Å². The molecule has 9 aromatic rings. The van der Waals surface area contributed by atoms with Gasteiger partial charge < -0.3 is 14.1 Å². The third-order valence-corrected chi connectivity index (χ3v) is 9.35. The number of rotatable bonds is 5. The van der Waals surface area contributed by atoms with E-state index in [2.05, 4.69) is 76.6 Å². The van der Waals surface area contributed by atoms with E-state index in [0.717, 1.165) is 89.7 Å². The zero-order valence-corrected chi connectivity index (χ0v) is 27.3. The van der Waals surface area contributed by atoms with Gasteiger partial charge >= 0.3 is 0 Å². The van der Waals surface area contributed by atoms with Crippen LogP contribution in [-0.4, -0.2) is 15.0 Å². The number of para-hydroxylation sites is 5. The molecule has 4 heterocycles. The van der Waals surface area contributed by atoms with Crippen molar-refractivity contribution >= 4 is 39.0 Å². The van der Waals surface area contributed by atoms with Gasteiger partial charge in [0.1, 0.15) is 11.2 Å². The predicted octanol–water partition coefficient (Wildman–Crippen LogP) is 12.0. The highest BCUT2D eigenvalue weighted by molar-refractivity contribution is 6.06. The lowest BCUT2D eigenvalue weighted by Crippen LogP contribution is -2.15. The van der Waals surface area contributed by atoms with Gasteiger partial charge in [0, 0.05) is 45.5 Å². The highest BCUT2D eigenvalue weighted by Crippen LogP contribution is 2.51. The van der Waals surface area contributed by atoms with Crippen molar-refractivity contribution in [2.24, 2.45) is 0 Å². The van der Waals surface area contributed by atoms with Crippen LogP contribution in [0, 0.1) is 0 Å². The number of aromatic nitrogens is 3. The van der Waals surface area contributed by atoms with E-state index in [1.54, 1.807) is 0 Å². The number of furan rings is 1. The van der Waals surface area contributed by atoms with Crippen molar-refractivity contribution in [2.75, 3.05) is 4.90 Å². The van der Waals surface area contributed by atoms with Crippen LogP contribution in [-0.2, 0) is 0 Å². The van der Waals surface area contributed by atoms with E-state index in [1.807, 2.05) is 103 Å². The van der Waals surface area contributed by atoms with Gasteiger partial charge in [-0.25, -0.2) is 9.97 Å². The molecule has 3 aromatic heterocycles. The Morgan fingerprint density at radius 3 is 1.86 bits per heavy atom. The maximum atomic E-state index is 6.36. The second-order valence-electron chi connectivity index (χ2n) is 12.5. The lowest BCUT2D eigenvalue weighted by Gasteiger charge is -2.33. The van der Waals surface area contributed by atoms with Crippen LogP contribution in [0.3, 0.4) is 0 Å². The van der Waals surface area contributed by atoms with E-state index < -0.39 is 0 Å². The molecule has 0 radical (unpaired) electrons. The first-order valence-corrected chi connectivity index (χ1v) is 16.8. The minimum absolute atomic E-state index is 0.651. The van der Waals surface area contributed by atoms with Gasteiger partial charge in [0.05, 0.1) is 22.8 Å². The number of ether oxygens (including phenoxy) is 1. The normalized spacial score (nSPS) is 12.0. The molecule has 0 spiro atoms. The van der Waals surface area contributed by atoms with Gasteiger partial charge in [0.15, 0.2) is 17.3 Å². The Kier molecular flexibility index (Phi) is 6.70. The van der Waals surface area contributed by atoms with Gasteiger partial charge in [0.2, 0.25) is 0 Å². The fourth-order valence-corrected chi connectivity index (χ4v) is 6.93. The van der Waals surface area contributed by atoms with Gasteiger partial charge in [-0.05, 0) is 96.1 Å². The summed E-state index contributed by atoms with van der Waals surface area (Å²) >= 11 is 0. The molecule has 0 atom stereocenters. The molecule has 6 nitrogen and oxygen atoms in total. The van der Waals surface area contributed by atoms with E-state index in [0.29, 0.717) is 5.82 Å². The molecule has 0 N–H and O–H groups in total. The first kappa shape index (κ1) is 28.9. The van der Waals surface area contributed by atoms with Gasteiger partial charge in [-0.15, -0.1) is 0 Å². The molecule has 1 aliphatic rings. The third-order valence-electron chi connectivity index (χ3n) is 9.35. The van der Waals surface area contributed by atoms with Crippen LogP contribution in [0.5, 0.6) is 11.5 Å². The number of nitrogens with zero attached hydrogens (tertiary/aromatic N) is 4. The summed E-state index contributed by atoms with van der Waals surface area (Å²) in [4.78, 5) is 16.9. The van der Waals surface area contributed by atoms with Gasteiger partial charge in [-0.3, -0.25) is 4.98 Å². The minimum atomic E-state index is 0.651. The standard InChI is InChI=1S/C45H28N4O2/c1-2-10-30(11-3-1)45-47-37(31-18-19-42-36(27-31)35-12-4-7-15-41(35)50-42)28-38(48-45)33-24-32(29-20-22-46-23-21-29)25-34(26-33)49-39-13-5-8-16-43(39)51-44-17-9-6-14-40(44)49/h1-28H. The maximum absolute atomic E-state index is 6.36. The van der Waals surface area contributed by atoms with Crippen molar-refractivity contribution < 1.29 is 9.15 Å². The van der Waals surface area contributed by atoms with Crippen LogP contribution >= 0.6 is 0 Å². The van der Waals surface area contributed by atoms with Crippen LogP contribution < -0.4 is 9.64 Å². The largest absolute Gasteiger partial charge is 0.456 e. The molecule has 240 valence electrons. The summed E-state index contributed by atoms with van der Waals surface area (Å²) < 4.78 is 12.5. The quantitative estimate of drug-likeness (QED) is 0.184. The van der Waals surface area contributed by atoms with Crippen molar-refractivity contribution in [2.45, 2.75) is 0 Å². The second-order valence-corrected chi connectivity index (χ2v) is 12.5. The zero-order chi connectivity index (χ0) is 33.7. The fraction of sp³-hybridized carbons (Fsp3) is 0. The van der Waals surface area contributed by atoms with Crippen LogP contribution in [0.1, 0.15) is 0 Å². The average Bonchev–Trinajstić information content (AvgIpc) is 3.58. The Balaban J connectivity index is 1.21. The Bertz CT molecular complexity index is 2700. The summed E-state index contributed by atoms with van der Waals surface area (Å²) in [6.45, 7) is 0. The molecule has 10 rings (SSSR count). The van der Waals surface area contributed by atoms with E-state index >= 15 is 0 Å². The maximum Gasteiger partial charge on any atom is 0.160 e. The predicted molar refractivity (Wildman–Crippen MR) is 204 cm³/mol. The number of hydrogen-bond acceptors (Lipinski definition) is 6. The molecule has 0 bridgehead atoms. The lowest BCUT2D eigenvalue weighted by molar-refractivity contribution is 0.477. The Morgan fingerprint density at radius 2 is 1.08 bits per heavy atom. The van der Waals surface area contributed by atoms with Crippen LogP contribution in [0.4, 0.5) is 17.1 Å². The molecule has 0 saturated heterocycles. The molecule has 1 aliphatic heterocycles. The van der Waals surface area contributed by atoms with E-state index in [4.69, 9.17) is 19.1 Å². The van der Waals surface area contributed by atoms with Crippen molar-refractivity contribution in [3.05, 3.63) is 170 Å². The van der Waals surface area contributed by atoms with Crippen molar-refractivity contribution in [1.29, 1.82) is 0 Å². The topological polar surface area (TPSA) is 64.3 Å². The molecule has 0 fully saturated rings. The monoisotopic (exact) mass is 656 g/mol. The molecule has 6 aromatic carbocycles. The number of fused-ring (bicyclic) bond motifs is 5. The van der Waals surface area contributed by atoms with Crippen molar-refractivity contribution in [3.63, 3.8) is 0 Å². The van der Waals surface area contributed by atoms with E-state index in [-0.39, 0.29) is 0 Å². The average molecular weight is 657 g/mol. The summed E-state index contributed by atoms with van der Waals surface area (Å²) in [5.74, 6) is 2.24. The molecular formula is C45H28N4O2. The zero-order valence-electron chi connectivity index (χ0n) is 27.3. The molecule has 6 heteroatoms. The third kappa shape index (κ3) is 5.09. The molecule has 0 amide bonds. The van der Waals surface area contributed by atoms with Crippen LogP contribution in [0.2, 0.25) is 0 Å². The van der Waals surface area contributed by atoms with Crippen molar-refractivity contribution in [3.8, 4) is 56.5 Å².